The van der Waals surface area contributed by atoms with Crippen molar-refractivity contribution in [2.75, 3.05) is 23.5 Å². The zero-order valence-electron chi connectivity index (χ0n) is 21.0. The largest absolute Gasteiger partial charge is 0.495 e. The summed E-state index contributed by atoms with van der Waals surface area (Å²) < 4.78 is 18.5. The number of halogens is 2. The number of nitrogens with one attached hydrogen (secondary N) is 3. The molecule has 198 valence electrons. The molecule has 1 aliphatic rings. The van der Waals surface area contributed by atoms with E-state index in [-0.39, 0.29) is 17.2 Å². The molecule has 0 saturated heterocycles. The van der Waals surface area contributed by atoms with E-state index in [1.165, 1.54) is 31.4 Å². The first kappa shape index (κ1) is 27.8. The standard InChI is InChI=1S/C29H24ClFN4O3S/c1-17-26(28(37)35-23-9-5-6-10-24(23)38-2)27(20-7-3-4-8-22(20)30)21(15-32)29(33-17)39-16-25(36)34-19-13-11-18(31)12-14-19/h3-14,27,33H,16H2,1-2H3,(H,34,36)(H,35,37)/t27-/m0/s1. The highest BCUT2D eigenvalue weighted by Gasteiger charge is 2.36. The molecule has 7 nitrogen and oxygen atoms in total. The summed E-state index contributed by atoms with van der Waals surface area (Å²) in [6.45, 7) is 1.73. The van der Waals surface area contributed by atoms with Crippen molar-refractivity contribution in [1.82, 2.24) is 5.32 Å². The molecule has 4 rings (SSSR count). The summed E-state index contributed by atoms with van der Waals surface area (Å²) in [4.78, 5) is 26.3. The van der Waals surface area contributed by atoms with Crippen molar-refractivity contribution in [3.63, 3.8) is 0 Å². The number of nitrogens with zero attached hydrogens (tertiary/aromatic N) is 1. The molecular formula is C29H24ClFN4O3S. The van der Waals surface area contributed by atoms with E-state index in [0.29, 0.717) is 44.0 Å². The summed E-state index contributed by atoms with van der Waals surface area (Å²) in [6, 6.07) is 21.7. The maximum atomic E-state index is 13.7. The number of para-hydroxylation sites is 2. The van der Waals surface area contributed by atoms with Gasteiger partial charge in [0, 0.05) is 22.0 Å². The third-order valence-corrected chi connectivity index (χ3v) is 7.30. The van der Waals surface area contributed by atoms with Gasteiger partial charge in [0.2, 0.25) is 5.91 Å². The highest BCUT2D eigenvalue weighted by atomic mass is 35.5. The Balaban J connectivity index is 1.65. The molecule has 1 aliphatic heterocycles. The minimum Gasteiger partial charge on any atom is -0.495 e. The normalized spacial score (nSPS) is 14.8. The molecule has 3 N–H and O–H groups in total. The number of nitriles is 1. The lowest BCUT2D eigenvalue weighted by Crippen LogP contribution is -2.31. The monoisotopic (exact) mass is 562 g/mol. The molecule has 39 heavy (non-hydrogen) atoms. The molecule has 0 radical (unpaired) electrons. The number of carbonyl (C=O) groups is 2. The minimum atomic E-state index is -0.790. The molecule has 0 saturated carbocycles. The summed E-state index contributed by atoms with van der Waals surface area (Å²) in [5, 5.41) is 19.8. The van der Waals surface area contributed by atoms with Crippen LogP contribution in [0.1, 0.15) is 18.4 Å². The molecule has 0 aromatic heterocycles. The van der Waals surface area contributed by atoms with Crippen LogP contribution in [0.4, 0.5) is 15.8 Å². The Kier molecular flexibility index (Phi) is 8.92. The van der Waals surface area contributed by atoms with Crippen molar-refractivity contribution in [3.05, 3.63) is 111 Å². The Bertz CT molecular complexity index is 1520. The number of hydrogen-bond acceptors (Lipinski definition) is 6. The number of methoxy groups -OCH3 is 1. The first-order valence-electron chi connectivity index (χ1n) is 11.8. The van der Waals surface area contributed by atoms with Crippen molar-refractivity contribution >= 4 is 46.6 Å². The lowest BCUT2D eigenvalue weighted by atomic mass is 9.82. The van der Waals surface area contributed by atoms with Gasteiger partial charge < -0.3 is 20.7 Å². The van der Waals surface area contributed by atoms with Crippen LogP contribution in [0.5, 0.6) is 5.75 Å². The van der Waals surface area contributed by atoms with E-state index >= 15 is 0 Å². The van der Waals surface area contributed by atoms with E-state index in [9.17, 15) is 19.2 Å². The third kappa shape index (κ3) is 6.42. The van der Waals surface area contributed by atoms with Crippen LogP contribution in [-0.2, 0) is 9.59 Å². The van der Waals surface area contributed by atoms with E-state index < -0.39 is 17.6 Å². The SMILES string of the molecule is COc1ccccc1NC(=O)C1=C(C)NC(SCC(=O)Nc2ccc(F)cc2)=C(C#N)[C@@H]1c1ccccc1Cl. The Morgan fingerprint density at radius 2 is 1.77 bits per heavy atom. The Morgan fingerprint density at radius 1 is 1.08 bits per heavy atom. The molecular weight excluding hydrogens is 539 g/mol. The first-order valence-corrected chi connectivity index (χ1v) is 13.2. The molecule has 1 atom stereocenters. The second-order valence-corrected chi connectivity index (χ2v) is 9.86. The number of ether oxygens (including phenoxy) is 1. The van der Waals surface area contributed by atoms with Gasteiger partial charge in [-0.1, -0.05) is 53.7 Å². The Hall–Kier alpha value is -4.26. The topological polar surface area (TPSA) is 103 Å². The number of benzene rings is 3. The van der Waals surface area contributed by atoms with Gasteiger partial charge in [-0.05, 0) is 55.0 Å². The number of anilines is 2. The maximum absolute atomic E-state index is 13.7. The Labute approximate surface area is 234 Å². The molecule has 3 aromatic carbocycles. The highest BCUT2D eigenvalue weighted by molar-refractivity contribution is 8.03. The summed E-state index contributed by atoms with van der Waals surface area (Å²) >= 11 is 7.68. The second-order valence-electron chi connectivity index (χ2n) is 8.47. The van der Waals surface area contributed by atoms with Gasteiger partial charge in [-0.3, -0.25) is 9.59 Å². The maximum Gasteiger partial charge on any atom is 0.254 e. The van der Waals surface area contributed by atoms with Gasteiger partial charge in [0.15, 0.2) is 0 Å². The van der Waals surface area contributed by atoms with Crippen LogP contribution in [0.25, 0.3) is 0 Å². The molecule has 1 heterocycles. The molecule has 0 fully saturated rings. The van der Waals surface area contributed by atoms with Crippen LogP contribution < -0.4 is 20.7 Å². The van der Waals surface area contributed by atoms with Crippen LogP contribution in [0.3, 0.4) is 0 Å². The van der Waals surface area contributed by atoms with Crippen molar-refractivity contribution in [2.24, 2.45) is 0 Å². The van der Waals surface area contributed by atoms with Crippen LogP contribution >= 0.6 is 23.4 Å². The van der Waals surface area contributed by atoms with Crippen molar-refractivity contribution in [3.8, 4) is 11.8 Å². The van der Waals surface area contributed by atoms with Gasteiger partial charge in [-0.25, -0.2) is 4.39 Å². The van der Waals surface area contributed by atoms with Crippen molar-refractivity contribution < 1.29 is 18.7 Å². The van der Waals surface area contributed by atoms with Crippen LogP contribution in [0, 0.1) is 17.1 Å². The predicted octanol–water partition coefficient (Wildman–Crippen LogP) is 6.19. The number of hydrogen-bond donors (Lipinski definition) is 3. The predicted molar refractivity (Wildman–Crippen MR) is 152 cm³/mol. The van der Waals surface area contributed by atoms with Gasteiger partial charge >= 0.3 is 0 Å². The summed E-state index contributed by atoms with van der Waals surface area (Å²) in [5.74, 6) is -1.51. The number of rotatable bonds is 8. The van der Waals surface area contributed by atoms with Crippen molar-refractivity contribution in [2.45, 2.75) is 12.8 Å². The number of carbonyl (C=O) groups excluding carboxylic acids is 2. The third-order valence-electron chi connectivity index (χ3n) is 5.94. The minimum absolute atomic E-state index is 0.0316. The van der Waals surface area contributed by atoms with Crippen molar-refractivity contribution in [1.29, 1.82) is 5.26 Å². The number of dihydropyridines is 1. The van der Waals surface area contributed by atoms with Gasteiger partial charge in [0.1, 0.15) is 11.6 Å². The van der Waals surface area contributed by atoms with E-state index in [4.69, 9.17) is 16.3 Å². The quantitative estimate of drug-likeness (QED) is 0.302. The average molecular weight is 563 g/mol. The summed E-state index contributed by atoms with van der Waals surface area (Å²) in [5.41, 5.74) is 2.57. The van der Waals surface area contributed by atoms with Crippen LogP contribution in [0.15, 0.2) is 94.7 Å². The van der Waals surface area contributed by atoms with Gasteiger partial charge in [-0.15, -0.1) is 0 Å². The second kappa shape index (κ2) is 12.5. The zero-order chi connectivity index (χ0) is 27.9. The van der Waals surface area contributed by atoms with Gasteiger partial charge in [0.25, 0.3) is 5.91 Å². The molecule has 0 spiro atoms. The lowest BCUT2D eigenvalue weighted by Gasteiger charge is -2.30. The van der Waals surface area contributed by atoms with E-state index in [2.05, 4.69) is 22.0 Å². The Morgan fingerprint density at radius 3 is 2.46 bits per heavy atom. The number of thioether (sulfide) groups is 1. The first-order chi connectivity index (χ1) is 18.8. The molecule has 2 amide bonds. The smallest absolute Gasteiger partial charge is 0.254 e. The zero-order valence-corrected chi connectivity index (χ0v) is 22.6. The van der Waals surface area contributed by atoms with E-state index in [1.54, 1.807) is 55.5 Å². The fraction of sp³-hybridized carbons (Fsp3) is 0.138. The van der Waals surface area contributed by atoms with Gasteiger partial charge in [-0.2, -0.15) is 5.26 Å². The van der Waals surface area contributed by atoms with Gasteiger partial charge in [0.05, 0.1) is 41.1 Å². The van der Waals surface area contributed by atoms with Crippen LogP contribution in [-0.4, -0.2) is 24.7 Å². The highest BCUT2D eigenvalue weighted by Crippen LogP contribution is 2.43. The molecule has 0 bridgehead atoms. The van der Waals surface area contributed by atoms with E-state index in [1.807, 2.05) is 0 Å². The summed E-state index contributed by atoms with van der Waals surface area (Å²) in [6.07, 6.45) is 0. The molecule has 0 aliphatic carbocycles. The molecule has 0 unspecified atom stereocenters. The number of allylic oxidation sites excluding steroid dienone is 2. The average Bonchev–Trinajstić information content (AvgIpc) is 2.93. The molecule has 10 heteroatoms. The fourth-order valence-electron chi connectivity index (χ4n) is 4.15. The number of amides is 2. The fourth-order valence-corrected chi connectivity index (χ4v) is 5.29. The summed E-state index contributed by atoms with van der Waals surface area (Å²) in [7, 11) is 1.51. The lowest BCUT2D eigenvalue weighted by molar-refractivity contribution is -0.114. The molecule has 3 aromatic rings. The van der Waals surface area contributed by atoms with E-state index in [0.717, 1.165) is 11.8 Å². The van der Waals surface area contributed by atoms with Crippen LogP contribution in [0.2, 0.25) is 5.02 Å².